The highest BCUT2D eigenvalue weighted by atomic mass is 35.5. The number of aromatic nitrogens is 2. The highest BCUT2D eigenvalue weighted by Gasteiger charge is 2.34. The highest BCUT2D eigenvalue weighted by molar-refractivity contribution is 8.00. The fraction of sp³-hybridized carbons (Fsp3) is 0.667. The molecule has 0 aliphatic heterocycles. The van der Waals surface area contributed by atoms with Crippen molar-refractivity contribution in [2.45, 2.75) is 43.9 Å². The van der Waals surface area contributed by atoms with Crippen molar-refractivity contribution in [3.63, 3.8) is 0 Å². The van der Waals surface area contributed by atoms with Crippen molar-refractivity contribution < 1.29 is 0 Å². The Balaban J connectivity index is 2.44. The van der Waals surface area contributed by atoms with Gasteiger partial charge in [-0.1, -0.05) is 24.4 Å². The Hall–Kier alpha value is -0.680. The van der Waals surface area contributed by atoms with Gasteiger partial charge < -0.3 is 0 Å². The molecule has 1 aliphatic carbocycles. The molecule has 6 heteroatoms. The number of hydrogen-bond acceptors (Lipinski definition) is 3. The van der Waals surface area contributed by atoms with E-state index in [9.17, 15) is 9.59 Å². The van der Waals surface area contributed by atoms with Gasteiger partial charge in [0.15, 0.2) is 0 Å². The molecule has 0 aromatic carbocycles. The first kappa shape index (κ1) is 13.7. The van der Waals surface area contributed by atoms with Gasteiger partial charge in [0, 0.05) is 16.9 Å². The first-order valence-electron chi connectivity index (χ1n) is 6.03. The second kappa shape index (κ2) is 5.13. The number of nitrogens with zero attached hydrogens (tertiary/aromatic N) is 1. The van der Waals surface area contributed by atoms with Crippen LogP contribution in [0.2, 0.25) is 5.15 Å². The van der Waals surface area contributed by atoms with Gasteiger partial charge in [0.2, 0.25) is 0 Å². The molecule has 1 heterocycles. The van der Waals surface area contributed by atoms with Crippen LogP contribution < -0.4 is 11.2 Å². The van der Waals surface area contributed by atoms with E-state index in [2.05, 4.69) is 4.98 Å². The molecule has 0 saturated heterocycles. The Morgan fingerprint density at radius 1 is 1.39 bits per heavy atom. The summed E-state index contributed by atoms with van der Waals surface area (Å²) in [5.41, 5.74) is -0.273. The van der Waals surface area contributed by atoms with E-state index < -0.39 is 5.69 Å². The Labute approximate surface area is 115 Å². The topological polar surface area (TPSA) is 54.9 Å². The molecule has 18 heavy (non-hydrogen) atoms. The molecule has 1 saturated carbocycles. The zero-order valence-electron chi connectivity index (χ0n) is 10.6. The summed E-state index contributed by atoms with van der Waals surface area (Å²) in [6.45, 7) is 2.11. The third kappa shape index (κ3) is 2.38. The Morgan fingerprint density at radius 2 is 2.00 bits per heavy atom. The minimum absolute atomic E-state index is 0.0249. The average Bonchev–Trinajstić information content (AvgIpc) is 2.81. The van der Waals surface area contributed by atoms with E-state index in [1.807, 2.05) is 6.26 Å². The molecule has 2 rings (SSSR count). The lowest BCUT2D eigenvalue weighted by molar-refractivity contribution is 0.478. The Morgan fingerprint density at radius 3 is 2.56 bits per heavy atom. The number of hydrogen-bond donors (Lipinski definition) is 1. The van der Waals surface area contributed by atoms with Crippen molar-refractivity contribution in [3.05, 3.63) is 31.6 Å². The van der Waals surface area contributed by atoms with Crippen LogP contribution in [0, 0.1) is 6.92 Å². The quantitative estimate of drug-likeness (QED) is 0.868. The lowest BCUT2D eigenvalue weighted by atomic mass is 10.1. The van der Waals surface area contributed by atoms with E-state index in [1.54, 1.807) is 18.7 Å². The monoisotopic (exact) mass is 288 g/mol. The SMILES string of the molecule is CSC1(Cn2c(=O)[nH]c(Cl)c(C)c2=O)CCCC1. The molecule has 0 unspecified atom stereocenters. The number of aromatic amines is 1. The molecule has 1 aromatic rings. The van der Waals surface area contributed by atoms with E-state index in [1.165, 1.54) is 17.4 Å². The van der Waals surface area contributed by atoms with Crippen LogP contribution in [-0.2, 0) is 6.54 Å². The summed E-state index contributed by atoms with van der Waals surface area (Å²) in [5, 5.41) is 0.144. The highest BCUT2D eigenvalue weighted by Crippen LogP contribution is 2.41. The summed E-state index contributed by atoms with van der Waals surface area (Å²) in [7, 11) is 0. The van der Waals surface area contributed by atoms with E-state index >= 15 is 0 Å². The molecule has 0 radical (unpaired) electrons. The maximum atomic E-state index is 12.1. The molecular weight excluding hydrogens is 272 g/mol. The lowest BCUT2D eigenvalue weighted by Crippen LogP contribution is -2.42. The van der Waals surface area contributed by atoms with E-state index in [4.69, 9.17) is 11.6 Å². The summed E-state index contributed by atoms with van der Waals surface area (Å²) in [4.78, 5) is 26.5. The van der Waals surface area contributed by atoms with Gasteiger partial charge in [-0.25, -0.2) is 4.79 Å². The third-order valence-electron chi connectivity index (χ3n) is 3.75. The number of thioether (sulfide) groups is 1. The molecule has 4 nitrogen and oxygen atoms in total. The molecule has 1 N–H and O–H groups in total. The predicted molar refractivity (Wildman–Crippen MR) is 75.8 cm³/mol. The Bertz CT molecular complexity index is 558. The molecule has 1 aliphatic rings. The minimum atomic E-state index is -0.407. The third-order valence-corrected chi connectivity index (χ3v) is 5.53. The fourth-order valence-corrected chi connectivity index (χ4v) is 3.64. The fourth-order valence-electron chi connectivity index (χ4n) is 2.52. The first-order chi connectivity index (χ1) is 8.49. The van der Waals surface area contributed by atoms with Crippen LogP contribution in [0.15, 0.2) is 9.59 Å². The minimum Gasteiger partial charge on any atom is -0.297 e. The standard InChI is InChI=1S/C12H17ClN2O2S/c1-8-9(13)14-11(17)15(10(8)16)7-12(18-2)5-3-4-6-12/h3-7H2,1-2H3,(H,14,17). The smallest absolute Gasteiger partial charge is 0.297 e. The largest absolute Gasteiger partial charge is 0.329 e. The molecule has 0 spiro atoms. The molecule has 100 valence electrons. The van der Waals surface area contributed by atoms with Gasteiger partial charge in [-0.2, -0.15) is 11.8 Å². The van der Waals surface area contributed by atoms with E-state index in [0.29, 0.717) is 12.1 Å². The molecule has 0 amide bonds. The molecule has 1 aromatic heterocycles. The van der Waals surface area contributed by atoms with E-state index in [0.717, 1.165) is 12.8 Å². The van der Waals surface area contributed by atoms with Gasteiger partial charge in [0.1, 0.15) is 5.15 Å². The van der Waals surface area contributed by atoms with Crippen LogP contribution in [0.4, 0.5) is 0 Å². The Kier molecular flexibility index (Phi) is 3.92. The zero-order chi connectivity index (χ0) is 13.3. The van der Waals surface area contributed by atoms with Crippen molar-refractivity contribution in [1.29, 1.82) is 0 Å². The van der Waals surface area contributed by atoms with Crippen LogP contribution in [0.25, 0.3) is 0 Å². The van der Waals surface area contributed by atoms with Gasteiger partial charge in [0.25, 0.3) is 5.56 Å². The van der Waals surface area contributed by atoms with Crippen molar-refractivity contribution in [2.24, 2.45) is 0 Å². The summed E-state index contributed by atoms with van der Waals surface area (Å²) in [5.74, 6) is 0. The predicted octanol–water partition coefficient (Wildman–Crippen LogP) is 2.17. The summed E-state index contributed by atoms with van der Waals surface area (Å²) in [6, 6.07) is 0. The van der Waals surface area contributed by atoms with Gasteiger partial charge in [0.05, 0.1) is 0 Å². The van der Waals surface area contributed by atoms with Crippen LogP contribution >= 0.6 is 23.4 Å². The van der Waals surface area contributed by atoms with Gasteiger partial charge >= 0.3 is 5.69 Å². The van der Waals surface area contributed by atoms with Gasteiger partial charge in [-0.3, -0.25) is 14.3 Å². The number of nitrogens with one attached hydrogen (secondary N) is 1. The normalized spacial score (nSPS) is 18.2. The van der Waals surface area contributed by atoms with Crippen LogP contribution in [0.1, 0.15) is 31.2 Å². The van der Waals surface area contributed by atoms with Crippen molar-refractivity contribution >= 4 is 23.4 Å². The van der Waals surface area contributed by atoms with Crippen LogP contribution in [-0.4, -0.2) is 20.6 Å². The van der Waals surface area contributed by atoms with Crippen molar-refractivity contribution in [1.82, 2.24) is 9.55 Å². The number of halogens is 1. The first-order valence-corrected chi connectivity index (χ1v) is 7.64. The lowest BCUT2D eigenvalue weighted by Gasteiger charge is -2.27. The summed E-state index contributed by atoms with van der Waals surface area (Å²) in [6.07, 6.45) is 6.50. The van der Waals surface area contributed by atoms with Crippen molar-refractivity contribution in [2.75, 3.05) is 6.26 Å². The zero-order valence-corrected chi connectivity index (χ0v) is 12.2. The number of rotatable bonds is 3. The number of H-pyrrole nitrogens is 1. The second-order valence-corrected chi connectivity index (χ2v) is 6.51. The van der Waals surface area contributed by atoms with Crippen LogP contribution in [0.5, 0.6) is 0 Å². The molecule has 1 fully saturated rings. The molecular formula is C12H17ClN2O2S. The van der Waals surface area contributed by atoms with Gasteiger partial charge in [-0.15, -0.1) is 0 Å². The molecule has 0 bridgehead atoms. The van der Waals surface area contributed by atoms with Gasteiger partial charge in [-0.05, 0) is 26.0 Å². The van der Waals surface area contributed by atoms with Crippen LogP contribution in [0.3, 0.4) is 0 Å². The van der Waals surface area contributed by atoms with Crippen molar-refractivity contribution in [3.8, 4) is 0 Å². The average molecular weight is 289 g/mol. The maximum Gasteiger partial charge on any atom is 0.329 e. The summed E-state index contributed by atoms with van der Waals surface area (Å²) < 4.78 is 1.32. The van der Waals surface area contributed by atoms with E-state index in [-0.39, 0.29) is 15.5 Å². The maximum absolute atomic E-state index is 12.1. The second-order valence-electron chi connectivity index (χ2n) is 4.85. The summed E-state index contributed by atoms with van der Waals surface area (Å²) >= 11 is 7.56. The molecule has 0 atom stereocenters.